The van der Waals surface area contributed by atoms with Gasteiger partial charge in [-0.3, -0.25) is 4.79 Å². The lowest BCUT2D eigenvalue weighted by atomic mass is 9.90. The average molecular weight is 302 g/mol. The quantitative estimate of drug-likeness (QED) is 0.901. The Morgan fingerprint density at radius 3 is 2.65 bits per heavy atom. The summed E-state index contributed by atoms with van der Waals surface area (Å²) in [6.07, 6.45) is 0.954. The molecule has 4 heteroatoms. The largest absolute Gasteiger partial charge is 0.351 e. The summed E-state index contributed by atoms with van der Waals surface area (Å²) in [7, 11) is 0. The molecule has 94 valence electrons. The first-order valence-electron chi connectivity index (χ1n) is 5.59. The Labute approximate surface area is 110 Å². The van der Waals surface area contributed by atoms with Crippen molar-refractivity contribution in [3.63, 3.8) is 0 Å². The highest BCUT2D eigenvalue weighted by Gasteiger charge is 2.18. The zero-order chi connectivity index (χ0) is 13.1. The highest BCUT2D eigenvalue weighted by molar-refractivity contribution is 9.10. The maximum atomic E-state index is 13.5. The van der Waals surface area contributed by atoms with E-state index in [4.69, 9.17) is 0 Å². The number of carbonyl (C=O) groups excluding carboxylic acids is 1. The zero-order valence-electron chi connectivity index (χ0n) is 10.3. The molecular weight excluding hydrogens is 285 g/mol. The molecule has 1 N–H and O–H groups in total. The highest BCUT2D eigenvalue weighted by Crippen LogP contribution is 2.19. The number of amides is 1. The van der Waals surface area contributed by atoms with Crippen LogP contribution in [0.25, 0.3) is 0 Å². The Balaban J connectivity index is 2.71. The molecule has 1 aromatic carbocycles. The van der Waals surface area contributed by atoms with Crippen LogP contribution in [0.1, 0.15) is 37.6 Å². The van der Waals surface area contributed by atoms with Crippen molar-refractivity contribution >= 4 is 21.8 Å². The molecule has 0 heterocycles. The number of carbonyl (C=O) groups is 1. The van der Waals surface area contributed by atoms with Crippen molar-refractivity contribution in [2.24, 2.45) is 5.41 Å². The molecule has 1 rings (SSSR count). The van der Waals surface area contributed by atoms with Gasteiger partial charge in [0.2, 0.25) is 0 Å². The Bertz CT molecular complexity index is 418. The maximum absolute atomic E-state index is 13.5. The molecule has 17 heavy (non-hydrogen) atoms. The van der Waals surface area contributed by atoms with Gasteiger partial charge in [0.15, 0.2) is 0 Å². The molecule has 0 radical (unpaired) electrons. The molecule has 0 fully saturated rings. The van der Waals surface area contributed by atoms with Crippen LogP contribution in [0.15, 0.2) is 22.7 Å². The SMILES string of the molecule is CCC(C)(C)CNC(=O)c1ccc(Br)cc1F. The summed E-state index contributed by atoms with van der Waals surface area (Å²) >= 11 is 3.16. The molecule has 0 bridgehead atoms. The van der Waals surface area contributed by atoms with Gasteiger partial charge in [-0.1, -0.05) is 36.7 Å². The second-order valence-corrected chi connectivity index (χ2v) is 5.74. The van der Waals surface area contributed by atoms with Crippen molar-refractivity contribution in [3.8, 4) is 0 Å². The smallest absolute Gasteiger partial charge is 0.254 e. The summed E-state index contributed by atoms with van der Waals surface area (Å²) in [4.78, 5) is 11.8. The monoisotopic (exact) mass is 301 g/mol. The van der Waals surface area contributed by atoms with Crippen molar-refractivity contribution in [1.29, 1.82) is 0 Å². The second kappa shape index (κ2) is 5.63. The first-order chi connectivity index (χ1) is 7.85. The van der Waals surface area contributed by atoms with Gasteiger partial charge in [0.25, 0.3) is 5.91 Å². The molecule has 0 aromatic heterocycles. The van der Waals surface area contributed by atoms with Crippen LogP contribution in [0, 0.1) is 11.2 Å². The van der Waals surface area contributed by atoms with Crippen LogP contribution in [0.3, 0.4) is 0 Å². The van der Waals surface area contributed by atoms with E-state index in [1.807, 2.05) is 0 Å². The number of nitrogens with one attached hydrogen (secondary N) is 1. The van der Waals surface area contributed by atoms with E-state index in [2.05, 4.69) is 42.0 Å². The van der Waals surface area contributed by atoms with E-state index in [-0.39, 0.29) is 16.9 Å². The van der Waals surface area contributed by atoms with Crippen LogP contribution in [0.4, 0.5) is 4.39 Å². The fraction of sp³-hybridized carbons (Fsp3) is 0.462. The zero-order valence-corrected chi connectivity index (χ0v) is 11.9. The van der Waals surface area contributed by atoms with E-state index in [0.29, 0.717) is 11.0 Å². The summed E-state index contributed by atoms with van der Waals surface area (Å²) in [5.41, 5.74) is 0.113. The van der Waals surface area contributed by atoms with E-state index < -0.39 is 5.82 Å². The number of halogens is 2. The third-order valence-corrected chi connectivity index (χ3v) is 3.35. The number of hydrogen-bond donors (Lipinski definition) is 1. The Kier molecular flexibility index (Phi) is 4.69. The van der Waals surface area contributed by atoms with Gasteiger partial charge < -0.3 is 5.32 Å². The van der Waals surface area contributed by atoms with E-state index in [1.54, 1.807) is 6.07 Å². The first kappa shape index (κ1) is 14.2. The summed E-state index contributed by atoms with van der Waals surface area (Å²) in [6, 6.07) is 4.43. The molecular formula is C13H17BrFNO. The molecule has 0 atom stereocenters. The fourth-order valence-corrected chi connectivity index (χ4v) is 1.55. The summed E-state index contributed by atoms with van der Waals surface area (Å²) in [5.74, 6) is -0.872. The maximum Gasteiger partial charge on any atom is 0.254 e. The van der Waals surface area contributed by atoms with Crippen LogP contribution < -0.4 is 5.32 Å². The van der Waals surface area contributed by atoms with Crippen LogP contribution in [0.5, 0.6) is 0 Å². The van der Waals surface area contributed by atoms with E-state index in [1.165, 1.54) is 12.1 Å². The van der Waals surface area contributed by atoms with Crippen molar-refractivity contribution < 1.29 is 9.18 Å². The summed E-state index contributed by atoms with van der Waals surface area (Å²) < 4.78 is 14.1. The molecule has 0 aliphatic heterocycles. The van der Waals surface area contributed by atoms with Crippen molar-refractivity contribution in [2.75, 3.05) is 6.54 Å². The number of hydrogen-bond acceptors (Lipinski definition) is 1. The molecule has 1 amide bonds. The van der Waals surface area contributed by atoms with Crippen molar-refractivity contribution in [2.45, 2.75) is 27.2 Å². The first-order valence-corrected chi connectivity index (χ1v) is 6.38. The van der Waals surface area contributed by atoms with Crippen molar-refractivity contribution in [1.82, 2.24) is 5.32 Å². The topological polar surface area (TPSA) is 29.1 Å². The van der Waals surface area contributed by atoms with Crippen molar-refractivity contribution in [3.05, 3.63) is 34.1 Å². The average Bonchev–Trinajstić information content (AvgIpc) is 2.26. The fourth-order valence-electron chi connectivity index (χ4n) is 1.21. The van der Waals surface area contributed by atoms with Gasteiger partial charge in [0, 0.05) is 11.0 Å². The van der Waals surface area contributed by atoms with Gasteiger partial charge in [-0.25, -0.2) is 4.39 Å². The van der Waals surface area contributed by atoms with E-state index in [0.717, 1.165) is 6.42 Å². The molecule has 2 nitrogen and oxygen atoms in total. The van der Waals surface area contributed by atoms with Gasteiger partial charge in [0.05, 0.1) is 5.56 Å². The Morgan fingerprint density at radius 2 is 2.12 bits per heavy atom. The number of rotatable bonds is 4. The van der Waals surface area contributed by atoms with E-state index in [9.17, 15) is 9.18 Å². The lowest BCUT2D eigenvalue weighted by Gasteiger charge is -2.22. The van der Waals surface area contributed by atoms with Gasteiger partial charge >= 0.3 is 0 Å². The summed E-state index contributed by atoms with van der Waals surface area (Å²) in [5, 5.41) is 2.76. The second-order valence-electron chi connectivity index (χ2n) is 4.82. The van der Waals surface area contributed by atoms with Gasteiger partial charge in [-0.05, 0) is 30.0 Å². The Hall–Kier alpha value is -0.900. The molecule has 0 unspecified atom stereocenters. The van der Waals surface area contributed by atoms with Gasteiger partial charge in [-0.15, -0.1) is 0 Å². The van der Waals surface area contributed by atoms with Gasteiger partial charge in [0.1, 0.15) is 5.82 Å². The molecule has 0 saturated heterocycles. The van der Waals surface area contributed by atoms with Crippen LogP contribution in [-0.4, -0.2) is 12.5 Å². The minimum absolute atomic E-state index is 0.0293. The predicted octanol–water partition coefficient (Wildman–Crippen LogP) is 3.75. The molecule has 0 aliphatic rings. The number of benzene rings is 1. The van der Waals surface area contributed by atoms with Gasteiger partial charge in [-0.2, -0.15) is 0 Å². The summed E-state index contributed by atoms with van der Waals surface area (Å²) in [6.45, 7) is 6.72. The third kappa shape index (κ3) is 4.11. The normalized spacial score (nSPS) is 11.4. The minimum Gasteiger partial charge on any atom is -0.351 e. The molecule has 0 spiro atoms. The molecule has 1 aromatic rings. The molecule has 0 aliphatic carbocycles. The minimum atomic E-state index is -0.508. The lowest BCUT2D eigenvalue weighted by molar-refractivity contribution is 0.0931. The van der Waals surface area contributed by atoms with Crippen LogP contribution >= 0.6 is 15.9 Å². The third-order valence-electron chi connectivity index (χ3n) is 2.86. The molecule has 0 saturated carbocycles. The van der Waals surface area contributed by atoms with E-state index >= 15 is 0 Å². The highest BCUT2D eigenvalue weighted by atomic mass is 79.9. The standard InChI is InChI=1S/C13H17BrFNO/c1-4-13(2,3)8-16-12(17)10-6-5-9(14)7-11(10)15/h5-7H,4,8H2,1-3H3,(H,16,17). The Morgan fingerprint density at radius 1 is 1.47 bits per heavy atom. The predicted molar refractivity (Wildman–Crippen MR) is 70.5 cm³/mol. The van der Waals surface area contributed by atoms with Crippen LogP contribution in [-0.2, 0) is 0 Å². The van der Waals surface area contributed by atoms with Crippen LogP contribution in [0.2, 0.25) is 0 Å². The lowest BCUT2D eigenvalue weighted by Crippen LogP contribution is -2.34.